The Labute approximate surface area is 230 Å². The fourth-order valence-corrected chi connectivity index (χ4v) is 4.56. The van der Waals surface area contributed by atoms with Gasteiger partial charge < -0.3 is 19.1 Å². The second kappa shape index (κ2) is 11.1. The van der Waals surface area contributed by atoms with E-state index in [-0.39, 0.29) is 42.3 Å². The van der Waals surface area contributed by atoms with Crippen molar-refractivity contribution >= 4 is 28.7 Å². The van der Waals surface area contributed by atoms with E-state index in [2.05, 4.69) is 15.1 Å². The molecule has 2 aromatic carbocycles. The lowest BCUT2D eigenvalue weighted by Gasteiger charge is -2.28. The minimum atomic E-state index is -0.602. The Kier molecular flexibility index (Phi) is 7.56. The van der Waals surface area contributed by atoms with E-state index < -0.39 is 11.4 Å². The Morgan fingerprint density at radius 2 is 1.92 bits per heavy atom. The van der Waals surface area contributed by atoms with Crippen LogP contribution < -0.4 is 9.47 Å². The fourth-order valence-electron chi connectivity index (χ4n) is 4.40. The fraction of sp³-hybridized carbons (Fsp3) is 0.357. The largest absolute Gasteiger partial charge is 0.489 e. The van der Waals surface area contributed by atoms with Crippen molar-refractivity contribution in [2.24, 2.45) is 0 Å². The minimum Gasteiger partial charge on any atom is -0.489 e. The normalized spacial score (nSPS) is 15.5. The molecule has 0 spiro atoms. The molecule has 1 amide bonds. The summed E-state index contributed by atoms with van der Waals surface area (Å²) in [5.74, 6) is 0.0568. The van der Waals surface area contributed by atoms with Crippen molar-refractivity contribution in [1.29, 1.82) is 0 Å². The first-order valence-electron chi connectivity index (χ1n) is 12.7. The number of hydrogen-bond acceptors (Lipinski definition) is 7. The molecule has 11 heteroatoms. The highest BCUT2D eigenvalue weighted by Gasteiger charge is 2.33. The predicted octanol–water partition coefficient (Wildman–Crippen LogP) is 5.97. The van der Waals surface area contributed by atoms with Gasteiger partial charge in [0.05, 0.1) is 12.2 Å². The Morgan fingerprint density at radius 1 is 1.13 bits per heavy atom. The third-order valence-electron chi connectivity index (χ3n) is 6.17. The summed E-state index contributed by atoms with van der Waals surface area (Å²) in [4.78, 5) is 22.9. The SMILES string of the molecule is CC(C)(C)OC(=O)N1CCCC1COc1cc(F)ccc1-n1ncc2c(OCc3ccccc3)nc(Cl)nc21. The second-order valence-corrected chi connectivity index (χ2v) is 10.6. The quantitative estimate of drug-likeness (QED) is 0.260. The van der Waals surface area contributed by atoms with Crippen LogP contribution in [0.25, 0.3) is 16.7 Å². The molecule has 0 N–H and O–H groups in total. The van der Waals surface area contributed by atoms with E-state index in [9.17, 15) is 9.18 Å². The van der Waals surface area contributed by atoms with E-state index in [4.69, 9.17) is 25.8 Å². The Bertz CT molecular complexity index is 1470. The summed E-state index contributed by atoms with van der Waals surface area (Å²) in [5, 5.41) is 4.99. The predicted molar refractivity (Wildman–Crippen MR) is 144 cm³/mol. The number of halogens is 2. The molecule has 0 radical (unpaired) electrons. The number of rotatable bonds is 7. The van der Waals surface area contributed by atoms with Crippen LogP contribution in [-0.4, -0.2) is 55.5 Å². The van der Waals surface area contributed by atoms with Gasteiger partial charge >= 0.3 is 6.09 Å². The van der Waals surface area contributed by atoms with Crippen LogP contribution in [0.2, 0.25) is 5.28 Å². The molecule has 0 aliphatic carbocycles. The van der Waals surface area contributed by atoms with Gasteiger partial charge in [0.25, 0.3) is 0 Å². The Balaban J connectivity index is 1.40. The van der Waals surface area contributed by atoms with Gasteiger partial charge in [0.15, 0.2) is 5.65 Å². The minimum absolute atomic E-state index is 0.0177. The molecule has 1 fully saturated rings. The van der Waals surface area contributed by atoms with Gasteiger partial charge in [-0.25, -0.2) is 13.9 Å². The molecule has 4 aromatic rings. The molecular weight excluding hydrogens is 525 g/mol. The van der Waals surface area contributed by atoms with Crippen LogP contribution in [0.3, 0.4) is 0 Å². The zero-order valence-electron chi connectivity index (χ0n) is 21.9. The van der Waals surface area contributed by atoms with Gasteiger partial charge in [-0.3, -0.25) is 0 Å². The average Bonchev–Trinajstić information content (AvgIpc) is 3.53. The molecule has 3 heterocycles. The van der Waals surface area contributed by atoms with Crippen LogP contribution in [0.5, 0.6) is 11.6 Å². The molecule has 1 saturated heterocycles. The number of benzene rings is 2. The molecule has 39 heavy (non-hydrogen) atoms. The van der Waals surface area contributed by atoms with Crippen LogP contribution in [0.1, 0.15) is 39.2 Å². The first-order valence-corrected chi connectivity index (χ1v) is 13.1. The zero-order valence-corrected chi connectivity index (χ0v) is 22.7. The zero-order chi connectivity index (χ0) is 27.6. The number of hydrogen-bond donors (Lipinski definition) is 0. The highest BCUT2D eigenvalue weighted by atomic mass is 35.5. The van der Waals surface area contributed by atoms with Gasteiger partial charge in [0.1, 0.15) is 41.5 Å². The summed E-state index contributed by atoms with van der Waals surface area (Å²) in [6, 6.07) is 13.6. The smallest absolute Gasteiger partial charge is 0.410 e. The van der Waals surface area contributed by atoms with Crippen molar-refractivity contribution in [3.05, 3.63) is 71.4 Å². The summed E-state index contributed by atoms with van der Waals surface area (Å²) >= 11 is 6.24. The molecule has 0 bridgehead atoms. The topological polar surface area (TPSA) is 91.6 Å². The van der Waals surface area contributed by atoms with E-state index in [1.807, 2.05) is 51.1 Å². The standard InChI is InChI=1S/C28H29ClFN5O4/c1-28(2,3)39-27(36)34-13-7-10-20(34)17-37-23-14-19(30)11-12-22(23)35-24-21(15-31-35)25(33-26(29)32-24)38-16-18-8-5-4-6-9-18/h4-6,8-9,11-12,14-15,20H,7,10,13,16-17H2,1-3H3. The summed E-state index contributed by atoms with van der Waals surface area (Å²) in [6.07, 6.45) is 2.76. The first kappa shape index (κ1) is 26.7. The second-order valence-electron chi connectivity index (χ2n) is 10.3. The van der Waals surface area contributed by atoms with E-state index in [0.717, 1.165) is 18.4 Å². The molecule has 204 valence electrons. The maximum absolute atomic E-state index is 14.3. The number of carbonyl (C=O) groups is 1. The van der Waals surface area contributed by atoms with E-state index in [1.165, 1.54) is 16.8 Å². The van der Waals surface area contributed by atoms with Gasteiger partial charge in [-0.15, -0.1) is 0 Å². The highest BCUT2D eigenvalue weighted by molar-refractivity contribution is 6.28. The number of amides is 1. The monoisotopic (exact) mass is 553 g/mol. The highest BCUT2D eigenvalue weighted by Crippen LogP contribution is 2.31. The van der Waals surface area contributed by atoms with Gasteiger partial charge in [0, 0.05) is 12.6 Å². The third-order valence-corrected chi connectivity index (χ3v) is 6.34. The van der Waals surface area contributed by atoms with Crippen LogP contribution >= 0.6 is 11.6 Å². The summed E-state index contributed by atoms with van der Waals surface area (Å²) in [5.41, 5.74) is 1.20. The molecule has 1 aliphatic rings. The lowest BCUT2D eigenvalue weighted by molar-refractivity contribution is 0.0187. The van der Waals surface area contributed by atoms with E-state index in [0.29, 0.717) is 23.3 Å². The van der Waals surface area contributed by atoms with E-state index in [1.54, 1.807) is 17.2 Å². The first-order chi connectivity index (χ1) is 18.7. The van der Waals surface area contributed by atoms with Crippen molar-refractivity contribution in [3.8, 4) is 17.3 Å². The van der Waals surface area contributed by atoms with Crippen LogP contribution in [-0.2, 0) is 11.3 Å². The number of fused-ring (bicyclic) bond motifs is 1. The summed E-state index contributed by atoms with van der Waals surface area (Å²) in [6.45, 7) is 6.50. The summed E-state index contributed by atoms with van der Waals surface area (Å²) < 4.78 is 33.4. The molecule has 1 aliphatic heterocycles. The van der Waals surface area contributed by atoms with Gasteiger partial charge in [0.2, 0.25) is 11.2 Å². The van der Waals surface area contributed by atoms with Gasteiger partial charge in [-0.1, -0.05) is 30.3 Å². The lowest BCUT2D eigenvalue weighted by atomic mass is 10.2. The van der Waals surface area contributed by atoms with Crippen molar-refractivity contribution < 1.29 is 23.4 Å². The number of carbonyl (C=O) groups excluding carboxylic acids is 1. The Morgan fingerprint density at radius 3 is 2.69 bits per heavy atom. The van der Waals surface area contributed by atoms with Crippen molar-refractivity contribution in [2.75, 3.05) is 13.2 Å². The summed E-state index contributed by atoms with van der Waals surface area (Å²) in [7, 11) is 0. The van der Waals surface area contributed by atoms with Gasteiger partial charge in [-0.2, -0.15) is 15.1 Å². The Hall–Kier alpha value is -3.92. The van der Waals surface area contributed by atoms with Crippen LogP contribution in [0.15, 0.2) is 54.7 Å². The lowest BCUT2D eigenvalue weighted by Crippen LogP contribution is -2.42. The molecule has 9 nitrogen and oxygen atoms in total. The van der Waals surface area contributed by atoms with E-state index >= 15 is 0 Å². The number of likely N-dealkylation sites (tertiary alicyclic amines) is 1. The number of aromatic nitrogens is 4. The van der Waals surface area contributed by atoms with Crippen LogP contribution in [0.4, 0.5) is 9.18 Å². The average molecular weight is 554 g/mol. The van der Waals surface area contributed by atoms with Crippen LogP contribution in [0, 0.1) is 5.82 Å². The maximum atomic E-state index is 14.3. The molecular formula is C28H29ClFN5O4. The molecule has 5 rings (SSSR count). The van der Waals surface area contributed by atoms with Gasteiger partial charge in [-0.05, 0) is 62.9 Å². The van der Waals surface area contributed by atoms with Crippen molar-refractivity contribution in [1.82, 2.24) is 24.6 Å². The van der Waals surface area contributed by atoms with Crippen molar-refractivity contribution in [2.45, 2.75) is 51.9 Å². The molecule has 2 aromatic heterocycles. The van der Waals surface area contributed by atoms with Crippen molar-refractivity contribution in [3.63, 3.8) is 0 Å². The number of ether oxygens (including phenoxy) is 3. The molecule has 1 atom stereocenters. The maximum Gasteiger partial charge on any atom is 0.410 e. The molecule has 0 saturated carbocycles. The molecule has 1 unspecified atom stereocenters. The number of nitrogens with zero attached hydrogens (tertiary/aromatic N) is 5. The third kappa shape index (κ3) is 6.22.